The first kappa shape index (κ1) is 30.8. The lowest BCUT2D eigenvalue weighted by Gasteiger charge is -2.28. The smallest absolute Gasteiger partial charge is 0.282 e. The molecule has 0 aliphatic carbocycles. The summed E-state index contributed by atoms with van der Waals surface area (Å²) in [6.45, 7) is 6.62. The summed E-state index contributed by atoms with van der Waals surface area (Å²) in [5.74, 6) is -0.830. The van der Waals surface area contributed by atoms with Crippen molar-refractivity contribution in [2.45, 2.75) is 136 Å². The molecule has 0 radical (unpaired) electrons. The highest BCUT2D eigenvalue weighted by Gasteiger charge is 2.28. The number of hydrogen-bond acceptors (Lipinski definition) is 3. The van der Waals surface area contributed by atoms with Crippen molar-refractivity contribution in [3.05, 3.63) is 12.2 Å². The predicted octanol–water partition coefficient (Wildman–Crippen LogP) is 8.81. The maximum absolute atomic E-state index is 5.24. The first-order chi connectivity index (χ1) is 14.2. The predicted molar refractivity (Wildman–Crippen MR) is 128 cm³/mol. The maximum Gasteiger partial charge on any atom is 0.282 e. The van der Waals surface area contributed by atoms with Crippen LogP contribution in [0.5, 0.6) is 0 Å². The number of hydrogen-bond donors (Lipinski definition) is 0. The summed E-state index contributed by atoms with van der Waals surface area (Å²) < 4.78 is 15.7. The van der Waals surface area contributed by atoms with Gasteiger partial charge in [-0.3, -0.25) is 0 Å². The van der Waals surface area contributed by atoms with E-state index in [1.165, 1.54) is 96.3 Å². The molecule has 0 aliphatic heterocycles. The van der Waals surface area contributed by atoms with E-state index in [1.807, 2.05) is 0 Å². The molecule has 0 N–H and O–H groups in total. The van der Waals surface area contributed by atoms with Crippen molar-refractivity contribution in [2.75, 3.05) is 21.3 Å². The second kappa shape index (κ2) is 25.7. The Bertz CT molecular complexity index is 303. The summed E-state index contributed by atoms with van der Waals surface area (Å²) in [5, 5.41) is 0. The van der Waals surface area contributed by atoms with E-state index in [-0.39, 0.29) is 0 Å². The van der Waals surface area contributed by atoms with Gasteiger partial charge in [0.25, 0.3) is 5.97 Å². The Morgan fingerprint density at radius 3 is 1.31 bits per heavy atom. The van der Waals surface area contributed by atoms with Crippen LogP contribution in [-0.2, 0) is 14.2 Å². The lowest BCUT2D eigenvalue weighted by Crippen LogP contribution is -2.35. The van der Waals surface area contributed by atoms with Gasteiger partial charge in [0.2, 0.25) is 0 Å². The molecule has 0 spiro atoms. The van der Waals surface area contributed by atoms with Crippen molar-refractivity contribution in [1.29, 1.82) is 0 Å². The van der Waals surface area contributed by atoms with E-state index in [0.29, 0.717) is 0 Å². The fourth-order valence-electron chi connectivity index (χ4n) is 3.42. The summed E-state index contributed by atoms with van der Waals surface area (Å²) in [4.78, 5) is 0. The van der Waals surface area contributed by atoms with Gasteiger partial charge in [-0.1, -0.05) is 109 Å². The zero-order valence-electron chi connectivity index (χ0n) is 20.9. The Labute approximate surface area is 184 Å². The van der Waals surface area contributed by atoms with Gasteiger partial charge < -0.3 is 14.2 Å². The summed E-state index contributed by atoms with van der Waals surface area (Å²) in [6.07, 6.45) is 26.9. The molecular formula is C26H54O3. The van der Waals surface area contributed by atoms with Gasteiger partial charge in [-0.15, -0.1) is 0 Å². The lowest BCUT2D eigenvalue weighted by molar-refractivity contribution is -0.355. The zero-order valence-corrected chi connectivity index (χ0v) is 20.9. The van der Waals surface area contributed by atoms with Crippen LogP contribution in [0.15, 0.2) is 12.2 Å². The third-order valence-corrected chi connectivity index (χ3v) is 5.48. The number of rotatable bonds is 20. The highest BCUT2D eigenvalue weighted by Crippen LogP contribution is 2.21. The van der Waals surface area contributed by atoms with Crippen LogP contribution >= 0.6 is 0 Å². The molecule has 0 bridgehead atoms. The van der Waals surface area contributed by atoms with Crippen molar-refractivity contribution in [3.8, 4) is 0 Å². The van der Waals surface area contributed by atoms with E-state index in [1.54, 1.807) is 21.3 Å². The molecule has 3 heteroatoms. The molecule has 0 amide bonds. The second-order valence-corrected chi connectivity index (χ2v) is 8.00. The minimum atomic E-state index is -0.830. The van der Waals surface area contributed by atoms with Crippen LogP contribution in [0, 0.1) is 0 Å². The standard InChI is InChI=1S/C13H28O3.C13H26/c1-5-6-7-8-9-10-11-12-13(14-2,15-3)16-4;1-3-5-7-9-11-13-12-10-8-6-4-2/h5-12H2,1-4H3;3,5H,4,6-13H2,1-2H3. The first-order valence-corrected chi connectivity index (χ1v) is 12.4. The van der Waals surface area contributed by atoms with Crippen molar-refractivity contribution in [1.82, 2.24) is 0 Å². The molecule has 0 fully saturated rings. The van der Waals surface area contributed by atoms with Gasteiger partial charge in [0.05, 0.1) is 0 Å². The van der Waals surface area contributed by atoms with E-state index in [0.717, 1.165) is 12.8 Å². The summed E-state index contributed by atoms with van der Waals surface area (Å²) in [6, 6.07) is 0. The Hall–Kier alpha value is -0.380. The van der Waals surface area contributed by atoms with Crippen LogP contribution in [0.4, 0.5) is 0 Å². The molecule has 0 heterocycles. The third-order valence-electron chi connectivity index (χ3n) is 5.48. The van der Waals surface area contributed by atoms with Crippen molar-refractivity contribution >= 4 is 0 Å². The minimum Gasteiger partial charge on any atom is -0.331 e. The van der Waals surface area contributed by atoms with Gasteiger partial charge in [0.1, 0.15) is 0 Å². The Balaban J connectivity index is 0. The molecule has 0 aliphatic rings. The average Bonchev–Trinajstić information content (AvgIpc) is 2.76. The number of unbranched alkanes of at least 4 members (excludes halogenated alkanes) is 14. The summed E-state index contributed by atoms with van der Waals surface area (Å²) in [7, 11) is 4.86. The van der Waals surface area contributed by atoms with Crippen LogP contribution in [0.3, 0.4) is 0 Å². The van der Waals surface area contributed by atoms with Crippen LogP contribution in [0.25, 0.3) is 0 Å². The molecule has 0 saturated heterocycles. The molecule has 0 aromatic heterocycles. The van der Waals surface area contributed by atoms with Gasteiger partial charge in [-0.2, -0.15) is 0 Å². The minimum absolute atomic E-state index is 0.796. The molecule has 29 heavy (non-hydrogen) atoms. The fourth-order valence-corrected chi connectivity index (χ4v) is 3.42. The molecule has 0 aromatic carbocycles. The Kier molecular flexibility index (Phi) is 27.3. The molecule has 0 saturated carbocycles. The van der Waals surface area contributed by atoms with Crippen LogP contribution < -0.4 is 0 Å². The van der Waals surface area contributed by atoms with Crippen LogP contribution in [0.2, 0.25) is 0 Å². The average molecular weight is 415 g/mol. The SMILES string of the molecule is CC=CCCCCCCCCCC.CCCCCCCCCC(OC)(OC)OC. The molecule has 3 nitrogen and oxygen atoms in total. The van der Waals surface area contributed by atoms with E-state index < -0.39 is 5.97 Å². The zero-order chi connectivity index (χ0) is 22.1. The fraction of sp³-hybridized carbons (Fsp3) is 0.923. The van der Waals surface area contributed by atoms with E-state index >= 15 is 0 Å². The topological polar surface area (TPSA) is 27.7 Å². The quantitative estimate of drug-likeness (QED) is 0.113. The van der Waals surface area contributed by atoms with Gasteiger partial charge in [0, 0.05) is 27.8 Å². The van der Waals surface area contributed by atoms with Crippen molar-refractivity contribution in [2.24, 2.45) is 0 Å². The van der Waals surface area contributed by atoms with Gasteiger partial charge >= 0.3 is 0 Å². The van der Waals surface area contributed by atoms with Crippen molar-refractivity contribution < 1.29 is 14.2 Å². The molecular weight excluding hydrogens is 360 g/mol. The van der Waals surface area contributed by atoms with E-state index in [2.05, 4.69) is 32.9 Å². The lowest BCUT2D eigenvalue weighted by atomic mass is 10.1. The van der Waals surface area contributed by atoms with Gasteiger partial charge in [0.15, 0.2) is 0 Å². The highest BCUT2D eigenvalue weighted by molar-refractivity contribution is 4.76. The molecule has 0 aromatic rings. The Morgan fingerprint density at radius 1 is 0.552 bits per heavy atom. The summed E-state index contributed by atoms with van der Waals surface area (Å²) >= 11 is 0. The maximum atomic E-state index is 5.24. The van der Waals surface area contributed by atoms with Crippen molar-refractivity contribution in [3.63, 3.8) is 0 Å². The van der Waals surface area contributed by atoms with E-state index in [9.17, 15) is 0 Å². The molecule has 0 unspecified atom stereocenters. The molecule has 0 rings (SSSR count). The van der Waals surface area contributed by atoms with Gasteiger partial charge in [-0.05, 0) is 26.2 Å². The molecule has 176 valence electrons. The first-order valence-electron chi connectivity index (χ1n) is 12.4. The number of methoxy groups -OCH3 is 3. The second-order valence-electron chi connectivity index (χ2n) is 8.00. The Morgan fingerprint density at radius 2 is 0.931 bits per heavy atom. The van der Waals surface area contributed by atoms with Gasteiger partial charge in [-0.25, -0.2) is 0 Å². The number of allylic oxidation sites excluding steroid dienone is 2. The largest absolute Gasteiger partial charge is 0.331 e. The highest BCUT2D eigenvalue weighted by atomic mass is 16.9. The normalized spacial score (nSPS) is 11.7. The third kappa shape index (κ3) is 22.1. The van der Waals surface area contributed by atoms with Crippen LogP contribution in [-0.4, -0.2) is 27.3 Å². The monoisotopic (exact) mass is 414 g/mol. The van der Waals surface area contributed by atoms with Crippen LogP contribution in [0.1, 0.15) is 130 Å². The number of ether oxygens (including phenoxy) is 3. The van der Waals surface area contributed by atoms with E-state index in [4.69, 9.17) is 14.2 Å². The summed E-state index contributed by atoms with van der Waals surface area (Å²) in [5.41, 5.74) is 0. The molecule has 0 atom stereocenters.